The van der Waals surface area contributed by atoms with Crippen molar-refractivity contribution in [3.05, 3.63) is 29.8 Å². The fourth-order valence-corrected chi connectivity index (χ4v) is 2.59. The van der Waals surface area contributed by atoms with E-state index in [4.69, 9.17) is 21.1 Å². The Morgan fingerprint density at radius 1 is 0.852 bits per heavy atom. The molecule has 1 aromatic rings. The number of anilines is 1. The molecule has 0 aliphatic heterocycles. The molecule has 1 aromatic carbocycles. The van der Waals surface area contributed by atoms with Gasteiger partial charge in [0.05, 0.1) is 19.6 Å². The van der Waals surface area contributed by atoms with Crippen LogP contribution in [0, 0.1) is 0 Å². The van der Waals surface area contributed by atoms with Crippen molar-refractivity contribution in [3.8, 4) is 0 Å². The average Bonchev–Trinajstić information content (AvgIpc) is 2.52. The summed E-state index contributed by atoms with van der Waals surface area (Å²) in [4.78, 5) is 46.9. The highest BCUT2D eigenvalue weighted by Gasteiger charge is 2.31. The van der Waals surface area contributed by atoms with Crippen molar-refractivity contribution in [2.75, 3.05) is 38.5 Å². The minimum Gasteiger partial charge on any atom is -0.480 e. The first-order chi connectivity index (χ1) is 12.6. The number of para-hydroxylation sites is 1. The minimum atomic E-state index is -1.39. The Balaban J connectivity index is 3.08. The molecular formula is C16H21N3O8. The molecule has 0 saturated carbocycles. The van der Waals surface area contributed by atoms with Gasteiger partial charge >= 0.3 is 23.9 Å². The van der Waals surface area contributed by atoms with Crippen molar-refractivity contribution in [2.24, 2.45) is 0 Å². The molecule has 11 heteroatoms. The molecule has 0 aromatic heterocycles. The van der Waals surface area contributed by atoms with Gasteiger partial charge in [-0.3, -0.25) is 29.0 Å². The van der Waals surface area contributed by atoms with Crippen LogP contribution in [-0.2, 0) is 19.2 Å². The molecule has 27 heavy (non-hydrogen) atoms. The molecule has 1 rings (SSSR count). The second kappa shape index (κ2) is 10.1. The van der Waals surface area contributed by atoms with Crippen LogP contribution in [0.15, 0.2) is 24.3 Å². The molecule has 148 valence electrons. The zero-order valence-electron chi connectivity index (χ0n) is 14.3. The number of carbonyl (C=O) groups is 4. The number of rotatable bonds is 12. The molecule has 1 unspecified atom stereocenters. The molecule has 6 N–H and O–H groups in total. The van der Waals surface area contributed by atoms with E-state index in [1.807, 2.05) is 0 Å². The van der Waals surface area contributed by atoms with Gasteiger partial charge in [-0.1, -0.05) is 18.2 Å². The van der Waals surface area contributed by atoms with E-state index < -0.39 is 49.6 Å². The summed E-state index contributed by atoms with van der Waals surface area (Å²) in [6.45, 7) is -2.18. The maximum atomic E-state index is 11.8. The number of carboxylic acid groups (broad SMARTS) is 4. The van der Waals surface area contributed by atoms with Gasteiger partial charge in [0.25, 0.3) is 0 Å². The van der Waals surface area contributed by atoms with Gasteiger partial charge in [0.15, 0.2) is 0 Å². The number of nitrogens with two attached hydrogens (primary N) is 1. The van der Waals surface area contributed by atoms with Crippen molar-refractivity contribution in [1.29, 1.82) is 0 Å². The van der Waals surface area contributed by atoms with E-state index in [2.05, 4.69) is 0 Å². The maximum absolute atomic E-state index is 11.8. The topological polar surface area (TPSA) is 182 Å². The van der Waals surface area contributed by atoms with Crippen LogP contribution in [0.2, 0.25) is 0 Å². The number of carboxylic acids is 4. The summed E-state index contributed by atoms with van der Waals surface area (Å²) in [5.41, 5.74) is 6.16. The summed E-state index contributed by atoms with van der Waals surface area (Å²) in [5, 5.41) is 36.5. The third-order valence-electron chi connectivity index (χ3n) is 3.65. The molecule has 0 heterocycles. The first-order valence-corrected chi connectivity index (χ1v) is 7.80. The van der Waals surface area contributed by atoms with Crippen LogP contribution in [0.4, 0.5) is 5.69 Å². The molecule has 1 atom stereocenters. The number of hydrogen-bond donors (Lipinski definition) is 5. The normalized spacial score (nSPS) is 12.1. The predicted octanol–water partition coefficient (Wildman–Crippen LogP) is -0.748. The van der Waals surface area contributed by atoms with Crippen LogP contribution in [0.3, 0.4) is 0 Å². The summed E-state index contributed by atoms with van der Waals surface area (Å²) in [5.74, 6) is -5.15. The fourth-order valence-electron chi connectivity index (χ4n) is 2.59. The van der Waals surface area contributed by atoms with Crippen LogP contribution in [-0.4, -0.2) is 86.8 Å². The molecular weight excluding hydrogens is 362 g/mol. The van der Waals surface area contributed by atoms with Crippen molar-refractivity contribution in [3.63, 3.8) is 0 Å². The van der Waals surface area contributed by atoms with Crippen LogP contribution in [0.1, 0.15) is 11.6 Å². The third-order valence-corrected chi connectivity index (χ3v) is 3.65. The molecule has 0 spiro atoms. The summed E-state index contributed by atoms with van der Waals surface area (Å²) < 4.78 is 0. The highest BCUT2D eigenvalue weighted by Crippen LogP contribution is 2.26. The van der Waals surface area contributed by atoms with E-state index in [-0.39, 0.29) is 24.3 Å². The van der Waals surface area contributed by atoms with Crippen LogP contribution in [0.25, 0.3) is 0 Å². The smallest absolute Gasteiger partial charge is 0.325 e. The minimum absolute atomic E-state index is 0.160. The van der Waals surface area contributed by atoms with Crippen LogP contribution < -0.4 is 5.73 Å². The SMILES string of the molecule is Nc1ccccc1C(C(=O)O)N(CCN(CC(=O)O)CC(=O)O)CC(=O)O. The molecule has 0 bridgehead atoms. The Labute approximate surface area is 154 Å². The zero-order chi connectivity index (χ0) is 20.6. The first kappa shape index (κ1) is 21.9. The van der Waals surface area contributed by atoms with Gasteiger partial charge in [-0.2, -0.15) is 0 Å². The average molecular weight is 383 g/mol. The van der Waals surface area contributed by atoms with Gasteiger partial charge in [0.1, 0.15) is 6.04 Å². The molecule has 0 amide bonds. The second-order valence-corrected chi connectivity index (χ2v) is 5.73. The second-order valence-electron chi connectivity index (χ2n) is 5.73. The Hall–Kier alpha value is -3.18. The highest BCUT2D eigenvalue weighted by atomic mass is 16.4. The maximum Gasteiger partial charge on any atom is 0.325 e. The van der Waals surface area contributed by atoms with E-state index in [0.717, 1.165) is 9.80 Å². The molecule has 0 radical (unpaired) electrons. The fraction of sp³-hybridized carbons (Fsp3) is 0.375. The molecule has 0 fully saturated rings. The molecule has 11 nitrogen and oxygen atoms in total. The zero-order valence-corrected chi connectivity index (χ0v) is 14.3. The monoisotopic (exact) mass is 383 g/mol. The number of hydrogen-bond acceptors (Lipinski definition) is 7. The van der Waals surface area contributed by atoms with Crippen molar-refractivity contribution in [1.82, 2.24) is 9.80 Å². The quantitative estimate of drug-likeness (QED) is 0.286. The lowest BCUT2D eigenvalue weighted by Crippen LogP contribution is -2.44. The van der Waals surface area contributed by atoms with E-state index >= 15 is 0 Å². The third kappa shape index (κ3) is 7.30. The summed E-state index contributed by atoms with van der Waals surface area (Å²) >= 11 is 0. The first-order valence-electron chi connectivity index (χ1n) is 7.80. The summed E-state index contributed by atoms with van der Waals surface area (Å²) in [6.07, 6.45) is 0. The van der Waals surface area contributed by atoms with Crippen molar-refractivity contribution < 1.29 is 39.6 Å². The van der Waals surface area contributed by atoms with Gasteiger partial charge in [-0.05, 0) is 6.07 Å². The van der Waals surface area contributed by atoms with Gasteiger partial charge in [-0.15, -0.1) is 0 Å². The number of nitrogens with zero attached hydrogens (tertiary/aromatic N) is 2. The Morgan fingerprint density at radius 2 is 1.37 bits per heavy atom. The Bertz CT molecular complexity index is 693. The Morgan fingerprint density at radius 3 is 1.81 bits per heavy atom. The molecule has 0 saturated heterocycles. The number of aliphatic carboxylic acids is 4. The number of benzene rings is 1. The van der Waals surface area contributed by atoms with Gasteiger partial charge in [-0.25, -0.2) is 0 Å². The van der Waals surface area contributed by atoms with Crippen molar-refractivity contribution >= 4 is 29.6 Å². The lowest BCUT2D eigenvalue weighted by atomic mass is 10.0. The Kier molecular flexibility index (Phi) is 8.17. The van der Waals surface area contributed by atoms with Crippen molar-refractivity contribution in [2.45, 2.75) is 6.04 Å². The summed E-state index contributed by atoms with van der Waals surface area (Å²) in [6, 6.07) is 4.70. The van der Waals surface area contributed by atoms with E-state index in [1.165, 1.54) is 12.1 Å². The van der Waals surface area contributed by atoms with Gasteiger partial charge in [0.2, 0.25) is 0 Å². The standard InChI is InChI=1S/C16H21N3O8/c17-11-4-2-1-3-10(11)15(16(26)27)19(9-14(24)25)6-5-18(7-12(20)21)8-13(22)23/h1-4,15H,5-9,17H2,(H,20,21)(H,22,23)(H,24,25)(H,26,27). The van der Waals surface area contributed by atoms with Gasteiger partial charge in [0, 0.05) is 24.3 Å². The lowest BCUT2D eigenvalue weighted by molar-refractivity contribution is -0.148. The van der Waals surface area contributed by atoms with Gasteiger partial charge < -0.3 is 26.2 Å². The molecule has 0 aliphatic rings. The predicted molar refractivity (Wildman–Crippen MR) is 92.2 cm³/mol. The van der Waals surface area contributed by atoms with E-state index in [1.54, 1.807) is 12.1 Å². The van der Waals surface area contributed by atoms with E-state index in [9.17, 15) is 24.3 Å². The van der Waals surface area contributed by atoms with Crippen LogP contribution >= 0.6 is 0 Å². The van der Waals surface area contributed by atoms with E-state index in [0.29, 0.717) is 0 Å². The van der Waals surface area contributed by atoms with Crippen LogP contribution in [0.5, 0.6) is 0 Å². The lowest BCUT2D eigenvalue weighted by Gasteiger charge is -2.30. The largest absolute Gasteiger partial charge is 0.480 e. The molecule has 0 aliphatic carbocycles. The summed E-state index contributed by atoms with van der Waals surface area (Å²) in [7, 11) is 0. The highest BCUT2D eigenvalue weighted by molar-refractivity contribution is 5.79. The number of nitrogen functional groups attached to an aromatic ring is 1.